The van der Waals surface area contributed by atoms with E-state index >= 15 is 0 Å². The number of amides is 3. The second kappa shape index (κ2) is 4.08. The Bertz CT molecular complexity index is 617. The molecular weight excluding hydrogens is 302 g/mol. The molecule has 3 heterocycles. The molecule has 3 amide bonds. The Kier molecular flexibility index (Phi) is 2.58. The highest BCUT2D eigenvalue weighted by Crippen LogP contribution is 2.42. The van der Waals surface area contributed by atoms with Crippen molar-refractivity contribution in [2.75, 3.05) is 13.1 Å². The maximum atomic E-state index is 12.4. The summed E-state index contributed by atoms with van der Waals surface area (Å²) in [5.74, 6) is -0.0927. The number of urea groups is 1. The molecule has 3 saturated heterocycles. The molecule has 1 aliphatic carbocycles. The van der Waals surface area contributed by atoms with Gasteiger partial charge in [0, 0.05) is 25.0 Å². The topological polar surface area (TPSA) is 110 Å². The lowest BCUT2D eigenvalue weighted by molar-refractivity contribution is -0.132. The summed E-state index contributed by atoms with van der Waals surface area (Å²) in [5.41, 5.74) is 0. The summed E-state index contributed by atoms with van der Waals surface area (Å²) in [6.07, 6.45) is 2.48. The molecule has 0 radical (unpaired) electrons. The predicted octanol–water partition coefficient (Wildman–Crippen LogP) is -1.12. The molecule has 0 aromatic rings. The van der Waals surface area contributed by atoms with Gasteiger partial charge in [-0.3, -0.25) is 4.79 Å². The number of hydroxylamine groups is 2. The number of rotatable bonds is 3. The average molecular weight is 316 g/mol. The predicted molar refractivity (Wildman–Crippen MR) is 65.1 cm³/mol. The Hall–Kier alpha value is -1.39. The Morgan fingerprint density at radius 2 is 1.81 bits per heavy atom. The van der Waals surface area contributed by atoms with Gasteiger partial charge in [0.2, 0.25) is 16.3 Å². The summed E-state index contributed by atoms with van der Waals surface area (Å²) in [7, 11) is -5.00. The zero-order chi connectivity index (χ0) is 14.9. The molecular formula is C11H14N3O6S-. The zero-order valence-corrected chi connectivity index (χ0v) is 11.9. The van der Waals surface area contributed by atoms with Gasteiger partial charge in [0.15, 0.2) is 0 Å². The van der Waals surface area contributed by atoms with Crippen LogP contribution in [0, 0.1) is 5.92 Å². The van der Waals surface area contributed by atoms with Gasteiger partial charge in [-0.1, -0.05) is 0 Å². The third kappa shape index (κ3) is 2.00. The van der Waals surface area contributed by atoms with Crippen LogP contribution in [0.25, 0.3) is 0 Å². The summed E-state index contributed by atoms with van der Waals surface area (Å²) >= 11 is 0. The lowest BCUT2D eigenvalue weighted by Crippen LogP contribution is -2.48. The Morgan fingerprint density at radius 3 is 2.43 bits per heavy atom. The van der Waals surface area contributed by atoms with Gasteiger partial charge in [0.25, 0.3) is 0 Å². The maximum Gasteiger partial charge on any atom is 0.346 e. The molecule has 4 rings (SSSR count). The third-order valence-electron chi connectivity index (χ3n) is 4.66. The van der Waals surface area contributed by atoms with Gasteiger partial charge >= 0.3 is 6.03 Å². The molecule has 0 unspecified atom stereocenters. The first-order valence-electron chi connectivity index (χ1n) is 6.91. The van der Waals surface area contributed by atoms with E-state index in [-0.39, 0.29) is 18.4 Å². The molecule has 2 bridgehead atoms. The van der Waals surface area contributed by atoms with Crippen LogP contribution in [0.1, 0.15) is 19.3 Å². The van der Waals surface area contributed by atoms with Crippen LogP contribution in [0.4, 0.5) is 4.79 Å². The standard InChI is InChI=1S/C11H15N3O6S/c15-10-9-6(4-12(10)7-1-2-7)3-8-5-13(9)11(16)14(8)20-21(17,18)19/h6-9H,1-5H2,(H,17,18,19)/p-1/t6-,8+,9-/m0/s1. The van der Waals surface area contributed by atoms with Crippen molar-refractivity contribution in [1.29, 1.82) is 0 Å². The van der Waals surface area contributed by atoms with Gasteiger partial charge in [-0.2, -0.15) is 9.35 Å². The van der Waals surface area contributed by atoms with Gasteiger partial charge in [-0.25, -0.2) is 13.2 Å². The monoisotopic (exact) mass is 316 g/mol. The number of piperidine rings is 1. The van der Waals surface area contributed by atoms with Gasteiger partial charge < -0.3 is 14.4 Å². The number of hydrogen-bond acceptors (Lipinski definition) is 6. The van der Waals surface area contributed by atoms with Gasteiger partial charge in [0.1, 0.15) is 6.04 Å². The average Bonchev–Trinajstić information content (AvgIpc) is 3.14. The quantitative estimate of drug-likeness (QED) is 0.481. The number of carbonyl (C=O) groups excluding carboxylic acids is 2. The fourth-order valence-electron chi connectivity index (χ4n) is 3.73. The van der Waals surface area contributed by atoms with E-state index in [0.29, 0.717) is 24.1 Å². The van der Waals surface area contributed by atoms with Gasteiger partial charge in [-0.15, -0.1) is 0 Å². The molecule has 0 aromatic heterocycles. The minimum absolute atomic E-state index is 0.0243. The van der Waals surface area contributed by atoms with Crippen molar-refractivity contribution in [3.05, 3.63) is 0 Å². The zero-order valence-electron chi connectivity index (χ0n) is 11.0. The molecule has 0 N–H and O–H groups in total. The number of hydrogen-bond donors (Lipinski definition) is 0. The highest BCUT2D eigenvalue weighted by atomic mass is 32.3. The first kappa shape index (κ1) is 13.3. The normalized spacial score (nSPS) is 35.7. The van der Waals surface area contributed by atoms with Crippen molar-refractivity contribution in [3.8, 4) is 0 Å². The summed E-state index contributed by atoms with van der Waals surface area (Å²) in [4.78, 5) is 27.8. The van der Waals surface area contributed by atoms with Crippen LogP contribution < -0.4 is 0 Å². The molecule has 3 aliphatic heterocycles. The van der Waals surface area contributed by atoms with E-state index in [9.17, 15) is 22.6 Å². The fraction of sp³-hybridized carbons (Fsp3) is 0.818. The van der Waals surface area contributed by atoms with Crippen LogP contribution in [-0.4, -0.2) is 71.0 Å². The van der Waals surface area contributed by atoms with E-state index in [0.717, 1.165) is 12.8 Å². The molecule has 3 atom stereocenters. The molecule has 10 heteroatoms. The summed E-state index contributed by atoms with van der Waals surface area (Å²) < 4.78 is 36.4. The van der Waals surface area contributed by atoms with E-state index in [1.54, 1.807) is 0 Å². The van der Waals surface area contributed by atoms with Crippen LogP contribution in [0.2, 0.25) is 0 Å². The van der Waals surface area contributed by atoms with Crippen molar-refractivity contribution in [2.45, 2.75) is 37.4 Å². The van der Waals surface area contributed by atoms with Crippen molar-refractivity contribution in [3.63, 3.8) is 0 Å². The highest BCUT2D eigenvalue weighted by molar-refractivity contribution is 7.80. The van der Waals surface area contributed by atoms with Crippen LogP contribution >= 0.6 is 0 Å². The number of nitrogens with zero attached hydrogens (tertiary/aromatic N) is 3. The summed E-state index contributed by atoms with van der Waals surface area (Å²) in [6, 6.07) is -1.45. The number of likely N-dealkylation sites (tertiary alicyclic amines) is 1. The van der Waals surface area contributed by atoms with Crippen LogP contribution in [-0.2, 0) is 19.5 Å². The first-order valence-corrected chi connectivity index (χ1v) is 8.24. The smallest absolute Gasteiger partial charge is 0.346 e. The lowest BCUT2D eigenvalue weighted by atomic mass is 9.91. The SMILES string of the molecule is O=C1[C@@H]2[C@@H](C[C@@H]3CN2C(=O)N3OS(=O)(=O)[O-])CN1C1CC1. The largest absolute Gasteiger partial charge is 0.724 e. The van der Waals surface area contributed by atoms with Gasteiger partial charge in [0.05, 0.1) is 6.04 Å². The minimum Gasteiger partial charge on any atom is -0.724 e. The van der Waals surface area contributed by atoms with Crippen molar-refractivity contribution in [1.82, 2.24) is 14.9 Å². The minimum atomic E-state index is -5.00. The van der Waals surface area contributed by atoms with Crippen molar-refractivity contribution in [2.24, 2.45) is 5.92 Å². The molecule has 116 valence electrons. The summed E-state index contributed by atoms with van der Waals surface area (Å²) in [5, 5.41) is 0.620. The second-order valence-electron chi connectivity index (χ2n) is 6.06. The van der Waals surface area contributed by atoms with Crippen LogP contribution in [0.15, 0.2) is 0 Å². The van der Waals surface area contributed by atoms with E-state index < -0.39 is 28.5 Å². The Balaban J connectivity index is 1.59. The summed E-state index contributed by atoms with van der Waals surface area (Å²) in [6.45, 7) is 0.812. The Labute approximate surface area is 121 Å². The maximum absolute atomic E-state index is 12.4. The Morgan fingerprint density at radius 1 is 1.10 bits per heavy atom. The fourth-order valence-corrected chi connectivity index (χ4v) is 4.11. The first-order chi connectivity index (χ1) is 9.85. The van der Waals surface area contributed by atoms with Crippen LogP contribution in [0.5, 0.6) is 0 Å². The van der Waals surface area contributed by atoms with Crippen molar-refractivity contribution >= 4 is 22.3 Å². The molecule has 9 nitrogen and oxygen atoms in total. The van der Waals surface area contributed by atoms with E-state index in [2.05, 4.69) is 4.28 Å². The molecule has 4 fully saturated rings. The van der Waals surface area contributed by atoms with Crippen molar-refractivity contribution < 1.29 is 26.8 Å². The molecule has 0 aromatic carbocycles. The second-order valence-corrected chi connectivity index (χ2v) is 7.03. The lowest BCUT2D eigenvalue weighted by Gasteiger charge is -2.30. The van der Waals surface area contributed by atoms with E-state index in [1.165, 1.54) is 4.90 Å². The van der Waals surface area contributed by atoms with Gasteiger partial charge in [-0.05, 0) is 19.3 Å². The molecule has 4 aliphatic rings. The van der Waals surface area contributed by atoms with E-state index in [1.807, 2.05) is 4.90 Å². The molecule has 1 saturated carbocycles. The number of carbonyl (C=O) groups is 2. The third-order valence-corrected chi connectivity index (χ3v) is 5.00. The number of fused-ring (bicyclic) bond motifs is 4. The highest BCUT2D eigenvalue weighted by Gasteiger charge is 2.58. The van der Waals surface area contributed by atoms with Crippen LogP contribution in [0.3, 0.4) is 0 Å². The molecule has 0 spiro atoms. The molecule has 21 heavy (non-hydrogen) atoms. The van der Waals surface area contributed by atoms with E-state index in [4.69, 9.17) is 0 Å².